The molecule has 1 aliphatic rings. The van der Waals surface area contributed by atoms with Crippen molar-refractivity contribution in [1.29, 1.82) is 0 Å². The van der Waals surface area contributed by atoms with E-state index in [1.807, 2.05) is 24.3 Å². The van der Waals surface area contributed by atoms with Gasteiger partial charge in [0.25, 0.3) is 0 Å². The van der Waals surface area contributed by atoms with Gasteiger partial charge in [0.05, 0.1) is 11.7 Å². The Labute approximate surface area is 145 Å². The third kappa shape index (κ3) is 4.69. The number of benzene rings is 1. The molecule has 1 heterocycles. The molecule has 5 nitrogen and oxygen atoms in total. The molecule has 1 fully saturated rings. The number of para-hydroxylation sites is 1. The average molecular weight is 391 g/mol. The Morgan fingerprint density at radius 2 is 1.91 bits per heavy atom. The van der Waals surface area contributed by atoms with Crippen LogP contribution >= 0.6 is 28.3 Å². The quantitative estimate of drug-likeness (QED) is 0.832. The van der Waals surface area contributed by atoms with Crippen molar-refractivity contribution >= 4 is 45.8 Å². The molecule has 0 aromatic heterocycles. The number of halogens is 2. The van der Waals surface area contributed by atoms with Crippen molar-refractivity contribution in [1.82, 2.24) is 4.90 Å². The van der Waals surface area contributed by atoms with Crippen LogP contribution in [0.15, 0.2) is 28.7 Å². The molecule has 0 unspecified atom stereocenters. The second-order valence-electron chi connectivity index (χ2n) is 5.36. The normalized spacial score (nSPS) is 16.6. The fraction of sp³-hybridized carbons (Fsp3) is 0.467. The minimum atomic E-state index is -0.476. The van der Waals surface area contributed by atoms with Crippen molar-refractivity contribution in [2.75, 3.05) is 18.4 Å². The number of amides is 2. The molecule has 1 aromatic carbocycles. The largest absolute Gasteiger partial charge is 0.341 e. The minimum absolute atomic E-state index is 0. The van der Waals surface area contributed by atoms with Gasteiger partial charge in [-0.2, -0.15) is 0 Å². The number of rotatable bonds is 3. The molecule has 0 aliphatic carbocycles. The molecule has 1 aliphatic heterocycles. The fourth-order valence-electron chi connectivity index (χ4n) is 2.45. The molecule has 0 bridgehead atoms. The highest BCUT2D eigenvalue weighted by molar-refractivity contribution is 9.10. The third-order valence-electron chi connectivity index (χ3n) is 3.70. The fourth-order valence-corrected chi connectivity index (χ4v) is 2.83. The summed E-state index contributed by atoms with van der Waals surface area (Å²) in [7, 11) is 0. The second-order valence-corrected chi connectivity index (χ2v) is 6.21. The predicted molar refractivity (Wildman–Crippen MR) is 93.0 cm³/mol. The Kier molecular flexibility index (Phi) is 7.32. The van der Waals surface area contributed by atoms with Crippen LogP contribution in [0.25, 0.3) is 0 Å². The summed E-state index contributed by atoms with van der Waals surface area (Å²) in [4.78, 5) is 25.8. The summed E-state index contributed by atoms with van der Waals surface area (Å²) < 4.78 is 0.864. The lowest BCUT2D eigenvalue weighted by molar-refractivity contribution is -0.135. The summed E-state index contributed by atoms with van der Waals surface area (Å²) in [6.45, 7) is 2.87. The molecule has 22 heavy (non-hydrogen) atoms. The van der Waals surface area contributed by atoms with Gasteiger partial charge in [-0.05, 0) is 47.8 Å². The third-order valence-corrected chi connectivity index (χ3v) is 4.39. The maximum Gasteiger partial charge on any atom is 0.239 e. The zero-order valence-corrected chi connectivity index (χ0v) is 14.8. The first kappa shape index (κ1) is 18.9. The van der Waals surface area contributed by atoms with Crippen LogP contribution in [0.1, 0.15) is 19.8 Å². The molecule has 7 heteroatoms. The number of likely N-dealkylation sites (tertiary alicyclic amines) is 1. The summed E-state index contributed by atoms with van der Waals surface area (Å²) in [5.74, 6) is -0.0938. The van der Waals surface area contributed by atoms with E-state index >= 15 is 0 Å². The van der Waals surface area contributed by atoms with E-state index in [0.717, 1.165) is 10.2 Å². The number of hydrogen-bond donors (Lipinski definition) is 2. The Bertz CT molecular complexity index is 531. The lowest BCUT2D eigenvalue weighted by atomic mass is 9.95. The Morgan fingerprint density at radius 1 is 1.32 bits per heavy atom. The van der Waals surface area contributed by atoms with Gasteiger partial charge in [-0.3, -0.25) is 9.59 Å². The predicted octanol–water partition coefficient (Wildman–Crippen LogP) is 2.40. The average Bonchev–Trinajstić information content (AvgIpc) is 2.49. The topological polar surface area (TPSA) is 75.4 Å². The Balaban J connectivity index is 0.00000242. The SMILES string of the molecule is C[C@@H](N)C(=O)N1CCC(C(=O)Nc2ccccc2Br)CC1.Cl. The van der Waals surface area contributed by atoms with E-state index < -0.39 is 6.04 Å². The maximum atomic E-state index is 12.3. The van der Waals surface area contributed by atoms with Crippen LogP contribution in [0, 0.1) is 5.92 Å². The van der Waals surface area contributed by atoms with Gasteiger partial charge in [-0.1, -0.05) is 12.1 Å². The molecular formula is C15H21BrClN3O2. The summed E-state index contributed by atoms with van der Waals surface area (Å²) >= 11 is 3.41. The van der Waals surface area contributed by atoms with Gasteiger partial charge in [-0.15, -0.1) is 12.4 Å². The highest BCUT2D eigenvalue weighted by atomic mass is 79.9. The molecule has 3 N–H and O–H groups in total. The van der Waals surface area contributed by atoms with E-state index in [-0.39, 0.29) is 30.1 Å². The second kappa shape index (κ2) is 8.50. The number of piperidine rings is 1. The van der Waals surface area contributed by atoms with E-state index in [2.05, 4.69) is 21.2 Å². The number of hydrogen-bond acceptors (Lipinski definition) is 3. The number of carbonyl (C=O) groups excluding carboxylic acids is 2. The molecule has 1 aromatic rings. The van der Waals surface area contributed by atoms with Crippen molar-refractivity contribution < 1.29 is 9.59 Å². The molecule has 0 saturated carbocycles. The molecule has 122 valence electrons. The molecule has 2 rings (SSSR count). The summed E-state index contributed by atoms with van der Waals surface area (Å²) in [5, 5.41) is 2.93. The van der Waals surface area contributed by atoms with Crippen LogP contribution in [0.5, 0.6) is 0 Å². The van der Waals surface area contributed by atoms with E-state index in [4.69, 9.17) is 5.73 Å². The molecule has 0 spiro atoms. The van der Waals surface area contributed by atoms with Crippen LogP contribution in [0.4, 0.5) is 5.69 Å². The number of nitrogens with zero attached hydrogens (tertiary/aromatic N) is 1. The van der Waals surface area contributed by atoms with Crippen LogP contribution in [-0.4, -0.2) is 35.8 Å². The first-order valence-corrected chi connectivity index (χ1v) is 7.88. The van der Waals surface area contributed by atoms with Gasteiger partial charge < -0.3 is 16.0 Å². The smallest absolute Gasteiger partial charge is 0.239 e. The number of anilines is 1. The van der Waals surface area contributed by atoms with Gasteiger partial charge >= 0.3 is 0 Å². The summed E-state index contributed by atoms with van der Waals surface area (Å²) in [6, 6.07) is 7.05. The maximum absolute atomic E-state index is 12.3. The number of carbonyl (C=O) groups is 2. The van der Waals surface area contributed by atoms with Crippen molar-refractivity contribution in [3.05, 3.63) is 28.7 Å². The van der Waals surface area contributed by atoms with Crippen LogP contribution in [0.2, 0.25) is 0 Å². The zero-order chi connectivity index (χ0) is 15.4. The van der Waals surface area contributed by atoms with Gasteiger partial charge in [0.1, 0.15) is 0 Å². The summed E-state index contributed by atoms with van der Waals surface area (Å²) in [6.07, 6.45) is 1.35. The van der Waals surface area contributed by atoms with Gasteiger partial charge in [0.15, 0.2) is 0 Å². The van der Waals surface area contributed by atoms with Crippen molar-refractivity contribution in [3.8, 4) is 0 Å². The summed E-state index contributed by atoms with van der Waals surface area (Å²) in [5.41, 5.74) is 6.38. The number of nitrogens with two attached hydrogens (primary N) is 1. The number of nitrogens with one attached hydrogen (secondary N) is 1. The highest BCUT2D eigenvalue weighted by Crippen LogP contribution is 2.24. The van der Waals surface area contributed by atoms with Crippen molar-refractivity contribution in [2.24, 2.45) is 11.7 Å². The molecule has 1 atom stereocenters. The molecular weight excluding hydrogens is 370 g/mol. The highest BCUT2D eigenvalue weighted by Gasteiger charge is 2.28. The van der Waals surface area contributed by atoms with Crippen molar-refractivity contribution in [3.63, 3.8) is 0 Å². The first-order chi connectivity index (χ1) is 9.99. The van der Waals surface area contributed by atoms with Crippen LogP contribution < -0.4 is 11.1 Å². The Hall–Kier alpha value is -1.11. The van der Waals surface area contributed by atoms with Crippen LogP contribution in [0.3, 0.4) is 0 Å². The molecule has 1 saturated heterocycles. The van der Waals surface area contributed by atoms with Crippen molar-refractivity contribution in [2.45, 2.75) is 25.8 Å². The standard InChI is InChI=1S/C15H20BrN3O2.ClH/c1-10(17)15(21)19-8-6-11(7-9-19)14(20)18-13-5-3-2-4-12(13)16;/h2-5,10-11H,6-9,17H2,1H3,(H,18,20);1H/t10-;/m1./s1. The van der Waals surface area contributed by atoms with E-state index in [1.54, 1.807) is 11.8 Å². The minimum Gasteiger partial charge on any atom is -0.341 e. The van der Waals surface area contributed by atoms with Gasteiger partial charge in [-0.25, -0.2) is 0 Å². The van der Waals surface area contributed by atoms with E-state index in [1.165, 1.54) is 0 Å². The van der Waals surface area contributed by atoms with E-state index in [0.29, 0.717) is 25.9 Å². The monoisotopic (exact) mass is 389 g/mol. The van der Waals surface area contributed by atoms with E-state index in [9.17, 15) is 9.59 Å². The molecule has 0 radical (unpaired) electrons. The van der Waals surface area contributed by atoms with Gasteiger partial charge in [0.2, 0.25) is 11.8 Å². The Morgan fingerprint density at radius 3 is 2.45 bits per heavy atom. The molecule has 2 amide bonds. The lowest BCUT2D eigenvalue weighted by Gasteiger charge is -2.32. The van der Waals surface area contributed by atoms with Gasteiger partial charge in [0, 0.05) is 23.5 Å². The zero-order valence-electron chi connectivity index (χ0n) is 12.4. The lowest BCUT2D eigenvalue weighted by Crippen LogP contribution is -2.47. The van der Waals surface area contributed by atoms with Crippen LogP contribution in [-0.2, 0) is 9.59 Å². The first-order valence-electron chi connectivity index (χ1n) is 7.09.